The zero-order chi connectivity index (χ0) is 24.8. The lowest BCUT2D eigenvalue weighted by molar-refractivity contribution is -0.131. The zero-order valence-electron chi connectivity index (χ0n) is 19.9. The second kappa shape index (κ2) is 11.1. The monoisotopic (exact) mass is 489 g/mol. The number of nitrogens with zero attached hydrogens (tertiary/aromatic N) is 4. The number of para-hydroxylation sites is 1. The van der Waals surface area contributed by atoms with Crippen molar-refractivity contribution in [1.82, 2.24) is 19.7 Å². The first-order valence-electron chi connectivity index (χ1n) is 11.2. The van der Waals surface area contributed by atoms with Gasteiger partial charge in [0, 0.05) is 12.7 Å². The van der Waals surface area contributed by atoms with Gasteiger partial charge in [-0.2, -0.15) is 0 Å². The molecule has 4 aromatic rings. The van der Waals surface area contributed by atoms with Crippen molar-refractivity contribution in [2.45, 2.75) is 25.5 Å². The molecule has 0 fully saturated rings. The first-order chi connectivity index (χ1) is 16.9. The number of nitrogens with one attached hydrogen (secondary N) is 1. The van der Waals surface area contributed by atoms with Gasteiger partial charge in [0.25, 0.3) is 0 Å². The fraction of sp³-hybridized carbons (Fsp3) is 0.231. The van der Waals surface area contributed by atoms with E-state index in [0.29, 0.717) is 23.3 Å². The Labute approximate surface area is 208 Å². The standard InChI is InChI=1S/C26H27N5O3S/c1-18-9-7-10-19(2)24(18)27-22(32)16-30(3)23(33)17-35-26-29-28-25(21-13-8-14-34-21)31(26)15-20-11-5-4-6-12-20/h4-14H,15-17H2,1-3H3,(H,27,32). The normalized spacial score (nSPS) is 10.8. The summed E-state index contributed by atoms with van der Waals surface area (Å²) < 4.78 is 7.46. The number of rotatable bonds is 9. The molecule has 0 aliphatic carbocycles. The van der Waals surface area contributed by atoms with Crippen LogP contribution in [0.2, 0.25) is 0 Å². The lowest BCUT2D eigenvalue weighted by Gasteiger charge is -2.18. The van der Waals surface area contributed by atoms with E-state index in [-0.39, 0.29) is 24.1 Å². The van der Waals surface area contributed by atoms with Crippen molar-refractivity contribution in [3.63, 3.8) is 0 Å². The number of carbonyl (C=O) groups is 2. The number of hydrogen-bond donors (Lipinski definition) is 1. The predicted molar refractivity (Wildman–Crippen MR) is 136 cm³/mol. The molecular weight excluding hydrogens is 462 g/mol. The minimum atomic E-state index is -0.240. The van der Waals surface area contributed by atoms with Crippen LogP contribution < -0.4 is 5.32 Å². The van der Waals surface area contributed by atoms with E-state index in [2.05, 4.69) is 15.5 Å². The molecule has 1 N–H and O–H groups in total. The average molecular weight is 490 g/mol. The lowest BCUT2D eigenvalue weighted by Crippen LogP contribution is -2.36. The Balaban J connectivity index is 1.41. The molecule has 2 amide bonds. The van der Waals surface area contributed by atoms with Crippen molar-refractivity contribution in [3.8, 4) is 11.6 Å². The molecule has 2 aromatic heterocycles. The Hall–Kier alpha value is -3.85. The largest absolute Gasteiger partial charge is 0.461 e. The van der Waals surface area contributed by atoms with Crippen LogP contribution in [0.25, 0.3) is 11.6 Å². The molecule has 0 aliphatic rings. The van der Waals surface area contributed by atoms with Crippen molar-refractivity contribution >= 4 is 29.3 Å². The Morgan fingerprint density at radius 1 is 1.00 bits per heavy atom. The van der Waals surface area contributed by atoms with Crippen LogP contribution in [0.4, 0.5) is 5.69 Å². The molecule has 0 saturated heterocycles. The summed E-state index contributed by atoms with van der Waals surface area (Å²) in [5, 5.41) is 12.1. The number of thioether (sulfide) groups is 1. The molecule has 4 rings (SSSR count). The molecule has 0 aliphatic heterocycles. The van der Waals surface area contributed by atoms with Crippen molar-refractivity contribution in [1.29, 1.82) is 0 Å². The minimum Gasteiger partial charge on any atom is -0.461 e. The smallest absolute Gasteiger partial charge is 0.243 e. The molecule has 0 atom stereocenters. The number of likely N-dealkylation sites (N-methyl/N-ethyl adjacent to an activating group) is 1. The molecule has 9 heteroatoms. The molecular formula is C26H27N5O3S. The van der Waals surface area contributed by atoms with E-state index < -0.39 is 0 Å². The van der Waals surface area contributed by atoms with Crippen molar-refractivity contribution in [3.05, 3.63) is 83.6 Å². The average Bonchev–Trinajstić information content (AvgIpc) is 3.51. The van der Waals surface area contributed by atoms with E-state index in [0.717, 1.165) is 22.4 Å². The van der Waals surface area contributed by atoms with E-state index >= 15 is 0 Å². The topological polar surface area (TPSA) is 93.3 Å². The number of benzene rings is 2. The summed E-state index contributed by atoms with van der Waals surface area (Å²) in [5.41, 5.74) is 3.82. The highest BCUT2D eigenvalue weighted by Gasteiger charge is 2.20. The van der Waals surface area contributed by atoms with E-state index in [1.807, 2.05) is 73.0 Å². The number of carbonyl (C=O) groups excluding carboxylic acids is 2. The Morgan fingerprint density at radius 3 is 2.43 bits per heavy atom. The molecule has 35 heavy (non-hydrogen) atoms. The van der Waals surface area contributed by atoms with Crippen LogP contribution in [-0.2, 0) is 16.1 Å². The highest BCUT2D eigenvalue weighted by molar-refractivity contribution is 7.99. The van der Waals surface area contributed by atoms with Gasteiger partial charge in [-0.3, -0.25) is 14.2 Å². The summed E-state index contributed by atoms with van der Waals surface area (Å²) in [6, 6.07) is 19.4. The number of furan rings is 1. The molecule has 180 valence electrons. The highest BCUT2D eigenvalue weighted by atomic mass is 32.2. The summed E-state index contributed by atoms with van der Waals surface area (Å²) in [5.74, 6) is 0.899. The first kappa shape index (κ1) is 24.3. The van der Waals surface area contributed by atoms with E-state index in [1.165, 1.54) is 16.7 Å². The summed E-state index contributed by atoms with van der Waals surface area (Å²) in [6.45, 7) is 4.38. The molecule has 0 bridgehead atoms. The molecule has 0 unspecified atom stereocenters. The molecule has 2 heterocycles. The van der Waals surface area contributed by atoms with E-state index in [1.54, 1.807) is 19.4 Å². The van der Waals surface area contributed by atoms with Crippen LogP contribution in [0.5, 0.6) is 0 Å². The van der Waals surface area contributed by atoms with Gasteiger partial charge in [0.2, 0.25) is 17.6 Å². The Kier molecular flexibility index (Phi) is 7.67. The zero-order valence-corrected chi connectivity index (χ0v) is 20.7. The fourth-order valence-electron chi connectivity index (χ4n) is 3.62. The van der Waals surface area contributed by atoms with Crippen LogP contribution >= 0.6 is 11.8 Å². The number of amides is 2. The third-order valence-electron chi connectivity index (χ3n) is 5.52. The van der Waals surface area contributed by atoms with Gasteiger partial charge >= 0.3 is 0 Å². The highest BCUT2D eigenvalue weighted by Crippen LogP contribution is 2.26. The predicted octanol–water partition coefficient (Wildman–Crippen LogP) is 4.39. The summed E-state index contributed by atoms with van der Waals surface area (Å²) in [4.78, 5) is 26.8. The quantitative estimate of drug-likeness (QED) is 0.351. The summed E-state index contributed by atoms with van der Waals surface area (Å²) >= 11 is 1.28. The second-order valence-electron chi connectivity index (χ2n) is 8.21. The van der Waals surface area contributed by atoms with E-state index in [4.69, 9.17) is 4.42 Å². The van der Waals surface area contributed by atoms with Gasteiger partial charge < -0.3 is 14.6 Å². The third kappa shape index (κ3) is 5.99. The van der Waals surface area contributed by atoms with Gasteiger partial charge in [0.15, 0.2) is 10.9 Å². The van der Waals surface area contributed by atoms with Crippen LogP contribution in [-0.4, -0.2) is 50.8 Å². The van der Waals surface area contributed by atoms with Crippen molar-refractivity contribution < 1.29 is 14.0 Å². The Bertz CT molecular complexity index is 1280. The van der Waals surface area contributed by atoms with Gasteiger partial charge in [-0.15, -0.1) is 10.2 Å². The van der Waals surface area contributed by atoms with Crippen LogP contribution in [0.15, 0.2) is 76.5 Å². The molecule has 0 saturated carbocycles. The van der Waals surface area contributed by atoms with Gasteiger partial charge in [0.05, 0.1) is 25.1 Å². The molecule has 0 radical (unpaired) electrons. The first-order valence-corrected chi connectivity index (χ1v) is 12.1. The van der Waals surface area contributed by atoms with Gasteiger partial charge in [-0.05, 0) is 42.7 Å². The van der Waals surface area contributed by atoms with E-state index in [9.17, 15) is 9.59 Å². The fourth-order valence-corrected chi connectivity index (χ4v) is 4.50. The number of hydrogen-bond acceptors (Lipinski definition) is 6. The molecule has 0 spiro atoms. The third-order valence-corrected chi connectivity index (χ3v) is 6.47. The maximum atomic E-state index is 12.8. The second-order valence-corrected chi connectivity index (χ2v) is 9.15. The van der Waals surface area contributed by atoms with Gasteiger partial charge in [-0.1, -0.05) is 60.3 Å². The van der Waals surface area contributed by atoms with Crippen LogP contribution in [0.3, 0.4) is 0 Å². The maximum Gasteiger partial charge on any atom is 0.243 e. The molecule has 2 aromatic carbocycles. The van der Waals surface area contributed by atoms with Crippen molar-refractivity contribution in [2.75, 3.05) is 24.7 Å². The number of aromatic nitrogens is 3. The summed E-state index contributed by atoms with van der Waals surface area (Å²) in [6.07, 6.45) is 1.59. The lowest BCUT2D eigenvalue weighted by atomic mass is 10.1. The SMILES string of the molecule is Cc1cccc(C)c1NC(=O)CN(C)C(=O)CSc1nnc(-c2ccco2)n1Cc1ccccc1. The number of anilines is 1. The Morgan fingerprint density at radius 2 is 1.74 bits per heavy atom. The molecule has 8 nitrogen and oxygen atoms in total. The van der Waals surface area contributed by atoms with Crippen LogP contribution in [0.1, 0.15) is 16.7 Å². The minimum absolute atomic E-state index is 0.0402. The van der Waals surface area contributed by atoms with Crippen molar-refractivity contribution in [2.24, 2.45) is 0 Å². The van der Waals surface area contributed by atoms with Gasteiger partial charge in [0.1, 0.15) is 0 Å². The van der Waals surface area contributed by atoms with Gasteiger partial charge in [-0.25, -0.2) is 0 Å². The summed E-state index contributed by atoms with van der Waals surface area (Å²) in [7, 11) is 1.62. The van der Waals surface area contributed by atoms with Crippen LogP contribution in [0, 0.1) is 13.8 Å². The number of aryl methyl sites for hydroxylation is 2. The maximum absolute atomic E-state index is 12.8.